The molecule has 0 radical (unpaired) electrons. The topological polar surface area (TPSA) is 478 Å². The molecule has 0 saturated heterocycles. The Morgan fingerprint density at radius 1 is 0.399 bits per heavy atom. The quantitative estimate of drug-likeness (QED) is 0.0162. The molecule has 13 rings (SSSR count). The first-order valence-corrected chi connectivity index (χ1v) is 56.1. The summed E-state index contributed by atoms with van der Waals surface area (Å²) in [5.74, 6) is -2.42. The number of Topliss-reactive ketones (excluding diaryl/α,β-unsaturated/α-hetero) is 3. The number of imidazole rings is 1. The summed E-state index contributed by atoms with van der Waals surface area (Å²) in [7, 11) is -13.1. The minimum Gasteiger partial charge on any atom is -0.481 e. The Morgan fingerprint density at radius 3 is 0.980 bits per heavy atom. The van der Waals surface area contributed by atoms with E-state index in [1.54, 1.807) is 104 Å². The normalized spacial score (nSPS) is 15.9. The van der Waals surface area contributed by atoms with E-state index in [1.807, 2.05) is 55.4 Å². The number of aliphatic hydroxyl groups is 8. The number of aliphatic carboxylic acids is 1. The summed E-state index contributed by atoms with van der Waals surface area (Å²) < 4.78 is 172. The number of anilines is 4. The lowest BCUT2D eigenvalue weighted by Gasteiger charge is -2.32. The molecule has 0 unspecified atom stereocenters. The number of ether oxygens (including phenoxy) is 1. The van der Waals surface area contributed by atoms with Gasteiger partial charge in [-0.15, -0.1) is 0 Å². The molecule has 5 aromatic heterocycles. The number of carboxylic acid groups (broad SMARTS) is 1. The predicted molar refractivity (Wildman–Crippen MR) is 564 cm³/mol. The van der Waals surface area contributed by atoms with Crippen LogP contribution in [-0.4, -0.2) is 232 Å². The summed E-state index contributed by atoms with van der Waals surface area (Å²) in [6, 6.07) is 23.8. The van der Waals surface area contributed by atoms with Gasteiger partial charge in [0.1, 0.15) is 63.9 Å². The molecule has 4 aliphatic heterocycles. The fraction of sp³-hybridized carbons (Fsp3) is 0.454. The third-order valence-corrected chi connectivity index (χ3v) is 30.8. The number of nitrogens with zero attached hydrogens (tertiary/aromatic N) is 10. The fourth-order valence-electron chi connectivity index (χ4n) is 18.3. The molecule has 0 amide bonds. The van der Waals surface area contributed by atoms with Crippen molar-refractivity contribution in [2.75, 3.05) is 68.3 Å². The van der Waals surface area contributed by atoms with Crippen molar-refractivity contribution in [1.29, 1.82) is 0 Å². The molecular formula is C108H136F4N10O22S4. The Morgan fingerprint density at radius 2 is 0.682 bits per heavy atom. The summed E-state index contributed by atoms with van der Waals surface area (Å²) in [4.78, 5) is 68.1. The van der Waals surface area contributed by atoms with E-state index >= 15 is 0 Å². The van der Waals surface area contributed by atoms with Crippen LogP contribution in [0, 0.1) is 23.3 Å². The number of aliphatic hydroxyl groups excluding tert-OH is 8. The molecule has 0 spiro atoms. The van der Waals surface area contributed by atoms with Crippen molar-refractivity contribution in [2.24, 2.45) is 7.05 Å². The molecule has 32 nitrogen and oxygen atoms in total. The van der Waals surface area contributed by atoms with E-state index in [-0.39, 0.29) is 141 Å². The highest BCUT2D eigenvalue weighted by Crippen LogP contribution is 2.48. The van der Waals surface area contributed by atoms with Crippen LogP contribution >= 0.6 is 0 Å². The van der Waals surface area contributed by atoms with Crippen molar-refractivity contribution in [1.82, 2.24) is 29.5 Å². The lowest BCUT2D eigenvalue weighted by Crippen LogP contribution is -2.38. The van der Waals surface area contributed by atoms with Gasteiger partial charge >= 0.3 is 5.97 Å². The number of carboxylic acids is 1. The third-order valence-electron chi connectivity index (χ3n) is 25.0. The molecule has 0 fully saturated rings. The Hall–Kier alpha value is -11.5. The van der Waals surface area contributed by atoms with Crippen molar-refractivity contribution < 1.29 is 121 Å². The van der Waals surface area contributed by atoms with E-state index in [1.165, 1.54) is 117 Å². The number of fused-ring (bicyclic) bond motifs is 4. The van der Waals surface area contributed by atoms with Crippen molar-refractivity contribution >= 4 is 111 Å². The van der Waals surface area contributed by atoms with Crippen LogP contribution < -0.4 is 17.2 Å². The van der Waals surface area contributed by atoms with E-state index in [9.17, 15) is 111 Å². The first-order chi connectivity index (χ1) is 69.6. The highest BCUT2D eigenvalue weighted by Gasteiger charge is 2.39. The molecule has 4 aromatic carbocycles. The van der Waals surface area contributed by atoms with Crippen molar-refractivity contribution in [3.05, 3.63) is 224 Å². The zero-order chi connectivity index (χ0) is 109. The number of carbonyl (C=O) groups excluding carboxylic acids is 3. The highest BCUT2D eigenvalue weighted by atomic mass is 32.2. The Kier molecular flexibility index (Phi) is 41.8. The zero-order valence-corrected chi connectivity index (χ0v) is 89.2. The Labute approximate surface area is 864 Å². The van der Waals surface area contributed by atoms with Crippen LogP contribution in [0.25, 0.3) is 68.8 Å². The molecular weight excluding hydrogens is 1990 g/mol. The van der Waals surface area contributed by atoms with Crippen molar-refractivity contribution in [2.45, 2.75) is 264 Å². The molecule has 0 saturated carbocycles. The largest absolute Gasteiger partial charge is 0.481 e. The molecule has 40 heteroatoms. The number of aromatic nitrogens is 6. The van der Waals surface area contributed by atoms with E-state index in [2.05, 4.69) is 4.98 Å². The molecule has 9 aromatic rings. The van der Waals surface area contributed by atoms with Crippen LogP contribution in [-0.2, 0) is 96.9 Å². The average molecular weight is 2130 g/mol. The number of rotatable bonds is 38. The maximum Gasteiger partial charge on any atom is 0.305 e. The molecule has 9 N–H and O–H groups in total. The first kappa shape index (κ1) is 118. The van der Waals surface area contributed by atoms with Crippen LogP contribution in [0.5, 0.6) is 0 Å². The molecule has 8 atom stereocenters. The average Bonchev–Trinajstić information content (AvgIpc) is 0.963. The first-order valence-electron chi connectivity index (χ1n) is 49.3. The van der Waals surface area contributed by atoms with Gasteiger partial charge in [-0.3, -0.25) is 32.1 Å². The maximum atomic E-state index is 13.9. The number of sulfonamides is 4. The van der Waals surface area contributed by atoms with Crippen molar-refractivity contribution in [3.63, 3.8) is 0 Å². The standard InChI is InChI=1S/C29H35FN4O5S.2C27H35FN2O5S.C25H31FN2O7S/c1-18(2)28-24(12-11-22(36)15-23(37)14-19(3)35)27(20-7-9-21(30)10-8-20)25-6-5-13-34(29(25)32-28)40(38,39)26-16-33(4)17-31-26;1-17(2)26-23(13-12-21(32)16-22(33)15-18(3)31)25(19-8-10-20(28)11-9-19)24-7-5-6-14-30(27(24)29-26)36(4,34)35;1-5-36(34,35)30-14-6-7-24-25(19-8-10-20(28)11-9-19)23(26(17(2)3)29-27(24)30)13-12-21(32)16-22(33)15-18(4)31;1-15(2)24-20(9-8-18(29)12-19(30)13-22(31)32)23(16-4-6-17(26)7-5-16)21-14-35-11-10-28(25(21)27-24)36(3,33)34/h7-12,16-18,22-23,36-37H,5-6,13-15H2,1-4H3;2*8-13,17,21-22,32-33H,5-7,14-16H2,1-4H3;4-9,15,18-19,29-30H,10-14H2,1-3H3,(H,31,32)/b12-11+;2*13-12+;9-8+/t22-,23+;2*21-,22+;18-,19-/m1111/s1. The molecule has 4 aliphatic rings. The van der Waals surface area contributed by atoms with E-state index in [0.29, 0.717) is 147 Å². The van der Waals surface area contributed by atoms with Gasteiger partial charge in [-0.05, 0) is 189 Å². The molecule has 9 heterocycles. The van der Waals surface area contributed by atoms with Crippen LogP contribution in [0.4, 0.5) is 40.8 Å². The number of halogens is 4. The number of hydrogen-bond donors (Lipinski definition) is 9. The van der Waals surface area contributed by atoms with Gasteiger partial charge in [0.05, 0.1) is 122 Å². The van der Waals surface area contributed by atoms with E-state index in [0.717, 1.165) is 46.1 Å². The summed E-state index contributed by atoms with van der Waals surface area (Å²) in [6.07, 6.45) is 13.2. The second kappa shape index (κ2) is 52.3. The van der Waals surface area contributed by atoms with Gasteiger partial charge in [-0.2, -0.15) is 8.42 Å². The van der Waals surface area contributed by atoms with Crippen LogP contribution in [0.2, 0.25) is 0 Å². The third kappa shape index (κ3) is 31.3. The Balaban J connectivity index is 0.000000202. The second-order valence-corrected chi connectivity index (χ2v) is 46.7. The fourth-order valence-corrected chi connectivity index (χ4v) is 22.7. The molecule has 0 aliphatic carbocycles. The number of hydrogen-bond acceptors (Lipinski definition) is 26. The lowest BCUT2D eigenvalue weighted by molar-refractivity contribution is -0.139. The lowest BCUT2D eigenvalue weighted by atomic mass is 9.87. The number of aryl methyl sites for hydroxylation is 1. The second-order valence-electron chi connectivity index (χ2n) is 38.9. The van der Waals surface area contributed by atoms with Crippen LogP contribution in [0.15, 0.2) is 139 Å². The minimum absolute atomic E-state index is 0.000135. The van der Waals surface area contributed by atoms with Crippen molar-refractivity contribution in [3.8, 4) is 44.5 Å². The number of benzene rings is 4. The zero-order valence-electron chi connectivity index (χ0n) is 85.9. The summed E-state index contributed by atoms with van der Waals surface area (Å²) in [6.45, 7) is 22.5. The van der Waals surface area contributed by atoms with Gasteiger partial charge in [-0.1, -0.05) is 153 Å². The van der Waals surface area contributed by atoms with Gasteiger partial charge in [0.2, 0.25) is 30.1 Å². The smallest absolute Gasteiger partial charge is 0.305 e. The molecule has 802 valence electrons. The summed E-state index contributed by atoms with van der Waals surface area (Å²) in [5, 5.41) is 91.0. The van der Waals surface area contributed by atoms with Gasteiger partial charge < -0.3 is 55.3 Å². The number of carbonyl (C=O) groups is 4. The SMILES string of the molecule is CC(=O)C[C@H](O)C[C@H](O)/C=C/c1c(C(C)C)nc2c(c1-c1ccc(F)cc1)CCCCN2S(C)(=O)=O.CC(=O)C[C@H](O)C[C@H](O)/C=C/c1c(C(C)C)nc2c(c1-c1ccc(F)cc1)CCCN2S(=O)(=O)c1cn(C)cn1.CC(C)c1nc2c(c(-c3ccc(F)cc3)c1/C=C/[C@@H](O)C[C@@H](O)CC(=O)O)COCCN2S(C)(=O)=O.CCS(=O)(=O)N1CCCc2c1nc(C(C)C)c(/C=C/[C@@H](O)C[C@@H](O)CC(C)=O)c2-c1ccc(F)cc1. The minimum atomic E-state index is -4.00. The Bertz CT molecular complexity index is 6620. The monoisotopic (exact) mass is 2130 g/mol. The van der Waals surface area contributed by atoms with Crippen LogP contribution in [0.3, 0.4) is 0 Å². The van der Waals surface area contributed by atoms with Gasteiger partial charge in [0, 0.05) is 122 Å². The van der Waals surface area contributed by atoms with Gasteiger partial charge in [0.15, 0.2) is 5.03 Å². The maximum absolute atomic E-state index is 13.9. The van der Waals surface area contributed by atoms with Gasteiger partial charge in [-0.25, -0.2) is 72.0 Å². The summed E-state index contributed by atoms with van der Waals surface area (Å²) >= 11 is 0. The predicted octanol–water partition coefficient (Wildman–Crippen LogP) is 15.3. The van der Waals surface area contributed by atoms with Gasteiger partial charge in [0.25, 0.3) is 10.0 Å². The summed E-state index contributed by atoms with van der Waals surface area (Å²) in [5.41, 5.74) is 13.4. The van der Waals surface area contributed by atoms with E-state index < -0.39 is 113 Å². The highest BCUT2D eigenvalue weighted by molar-refractivity contribution is 7.93. The number of pyridine rings is 4. The van der Waals surface area contributed by atoms with Crippen LogP contribution in [0.1, 0.15) is 251 Å². The molecule has 0 bridgehead atoms. The molecule has 148 heavy (non-hydrogen) atoms. The van der Waals surface area contributed by atoms with E-state index in [4.69, 9.17) is 29.8 Å². The number of ketones is 3.